The van der Waals surface area contributed by atoms with Crippen molar-refractivity contribution >= 4 is 0 Å². The average Bonchev–Trinajstić information content (AvgIpc) is 2.74. The second-order valence-corrected chi connectivity index (χ2v) is 4.98. The molecule has 0 saturated carbocycles. The first-order valence-electron chi connectivity index (χ1n) is 5.58. The van der Waals surface area contributed by atoms with Crippen LogP contribution >= 0.6 is 0 Å². The molecule has 0 spiro atoms. The van der Waals surface area contributed by atoms with Crippen molar-refractivity contribution in [2.75, 3.05) is 6.54 Å². The molecule has 2 aliphatic heterocycles. The molecule has 14 heavy (non-hydrogen) atoms. The quantitative estimate of drug-likeness (QED) is 0.733. The van der Waals surface area contributed by atoms with E-state index in [-0.39, 0.29) is 0 Å². The Bertz CT molecular complexity index is 234. The van der Waals surface area contributed by atoms with Gasteiger partial charge in [-0.2, -0.15) is 5.26 Å². The maximum Gasteiger partial charge on any atom is 0.102 e. The topological polar surface area (TPSA) is 53.1 Å². The van der Waals surface area contributed by atoms with Gasteiger partial charge in [0, 0.05) is 18.6 Å². The average molecular weight is 193 g/mol. The molecule has 2 rings (SSSR count). The van der Waals surface area contributed by atoms with Gasteiger partial charge >= 0.3 is 0 Å². The first-order valence-corrected chi connectivity index (χ1v) is 5.58. The van der Waals surface area contributed by atoms with Crippen LogP contribution < -0.4 is 5.73 Å². The Morgan fingerprint density at radius 1 is 1.36 bits per heavy atom. The van der Waals surface area contributed by atoms with E-state index in [0.717, 1.165) is 25.0 Å². The van der Waals surface area contributed by atoms with Gasteiger partial charge in [-0.1, -0.05) is 0 Å². The normalized spacial score (nSPS) is 35.5. The van der Waals surface area contributed by atoms with Crippen molar-refractivity contribution in [3.05, 3.63) is 0 Å². The van der Waals surface area contributed by atoms with Gasteiger partial charge in [0.15, 0.2) is 0 Å². The fourth-order valence-electron chi connectivity index (χ4n) is 2.80. The number of hydrogen-bond acceptors (Lipinski definition) is 3. The summed E-state index contributed by atoms with van der Waals surface area (Å²) in [5.74, 6) is 0. The van der Waals surface area contributed by atoms with E-state index in [0.29, 0.717) is 0 Å². The highest BCUT2D eigenvalue weighted by molar-refractivity contribution is 5.03. The van der Waals surface area contributed by atoms with E-state index in [4.69, 9.17) is 11.0 Å². The second-order valence-electron chi connectivity index (χ2n) is 4.98. The van der Waals surface area contributed by atoms with E-state index in [9.17, 15) is 0 Å². The van der Waals surface area contributed by atoms with Gasteiger partial charge in [-0.25, -0.2) is 0 Å². The van der Waals surface area contributed by atoms with Gasteiger partial charge in [-0.3, -0.25) is 4.90 Å². The molecule has 78 valence electrons. The number of rotatable bonds is 3. The van der Waals surface area contributed by atoms with Crippen LogP contribution in [-0.4, -0.2) is 29.1 Å². The number of nitriles is 1. The van der Waals surface area contributed by atoms with Crippen molar-refractivity contribution in [3.63, 3.8) is 0 Å². The Hall–Kier alpha value is -0.590. The van der Waals surface area contributed by atoms with E-state index in [1.54, 1.807) is 0 Å². The summed E-state index contributed by atoms with van der Waals surface area (Å²) in [6, 6.07) is 3.77. The second kappa shape index (κ2) is 3.52. The Balaban J connectivity index is 1.85. The highest BCUT2D eigenvalue weighted by atomic mass is 15.2. The molecule has 0 amide bonds. The van der Waals surface area contributed by atoms with Gasteiger partial charge < -0.3 is 5.73 Å². The molecule has 0 aromatic heterocycles. The number of hydrogen-bond donors (Lipinski definition) is 1. The van der Waals surface area contributed by atoms with Crippen LogP contribution in [0.5, 0.6) is 0 Å². The molecule has 2 aliphatic rings. The van der Waals surface area contributed by atoms with Crippen LogP contribution in [0.15, 0.2) is 0 Å². The zero-order valence-corrected chi connectivity index (χ0v) is 8.87. The van der Waals surface area contributed by atoms with Gasteiger partial charge in [0.2, 0.25) is 0 Å². The van der Waals surface area contributed by atoms with Crippen LogP contribution in [0.2, 0.25) is 0 Å². The zero-order valence-electron chi connectivity index (χ0n) is 8.87. The molecule has 1 unspecified atom stereocenters. The molecule has 2 fully saturated rings. The summed E-state index contributed by atoms with van der Waals surface area (Å²) in [6.45, 7) is 2.83. The van der Waals surface area contributed by atoms with Crippen molar-refractivity contribution in [1.29, 1.82) is 5.26 Å². The third-order valence-corrected chi connectivity index (χ3v) is 3.75. The Morgan fingerprint density at radius 3 is 2.29 bits per heavy atom. The standard InChI is InChI=1S/C11H19N3/c1-11(13,8-12)6-7-14-9-2-3-10(14)5-4-9/h9-10H,2-7,13H2,1H3. The van der Waals surface area contributed by atoms with Gasteiger partial charge in [-0.15, -0.1) is 0 Å². The Labute approximate surface area is 85.9 Å². The highest BCUT2D eigenvalue weighted by Gasteiger charge is 2.39. The van der Waals surface area contributed by atoms with E-state index in [1.165, 1.54) is 25.7 Å². The number of fused-ring (bicyclic) bond motifs is 2. The summed E-state index contributed by atoms with van der Waals surface area (Å²) in [7, 11) is 0. The molecule has 3 heteroatoms. The summed E-state index contributed by atoms with van der Waals surface area (Å²) in [6.07, 6.45) is 6.24. The molecular weight excluding hydrogens is 174 g/mol. The minimum atomic E-state index is -0.637. The maximum absolute atomic E-state index is 8.82. The lowest BCUT2D eigenvalue weighted by Gasteiger charge is -2.25. The van der Waals surface area contributed by atoms with Crippen molar-refractivity contribution in [1.82, 2.24) is 4.90 Å². The van der Waals surface area contributed by atoms with Crippen LogP contribution in [0.25, 0.3) is 0 Å². The van der Waals surface area contributed by atoms with Crippen molar-refractivity contribution in [3.8, 4) is 6.07 Å². The predicted molar refractivity (Wildman–Crippen MR) is 55.6 cm³/mol. The van der Waals surface area contributed by atoms with Gasteiger partial charge in [0.25, 0.3) is 0 Å². The molecule has 2 bridgehead atoms. The third kappa shape index (κ3) is 1.77. The van der Waals surface area contributed by atoms with Crippen LogP contribution in [0.1, 0.15) is 39.0 Å². The molecular formula is C11H19N3. The first-order chi connectivity index (χ1) is 6.62. The van der Waals surface area contributed by atoms with Gasteiger partial charge in [-0.05, 0) is 39.0 Å². The lowest BCUT2D eigenvalue weighted by atomic mass is 10.0. The summed E-state index contributed by atoms with van der Waals surface area (Å²) < 4.78 is 0. The summed E-state index contributed by atoms with van der Waals surface area (Å²) in [4.78, 5) is 2.57. The monoisotopic (exact) mass is 193 g/mol. The lowest BCUT2D eigenvalue weighted by Crippen LogP contribution is -2.40. The lowest BCUT2D eigenvalue weighted by molar-refractivity contribution is 0.236. The largest absolute Gasteiger partial charge is 0.314 e. The van der Waals surface area contributed by atoms with Crippen LogP contribution in [0, 0.1) is 11.3 Å². The fraction of sp³-hybridized carbons (Fsp3) is 0.909. The molecule has 2 saturated heterocycles. The van der Waals surface area contributed by atoms with Crippen LogP contribution in [0.4, 0.5) is 0 Å². The third-order valence-electron chi connectivity index (χ3n) is 3.75. The van der Waals surface area contributed by atoms with E-state index < -0.39 is 5.54 Å². The van der Waals surface area contributed by atoms with Crippen molar-refractivity contribution < 1.29 is 0 Å². The smallest absolute Gasteiger partial charge is 0.102 e. The predicted octanol–water partition coefficient (Wildman–Crippen LogP) is 1.24. The molecule has 0 aromatic carbocycles. The SMILES string of the molecule is CC(N)(C#N)CCN1C2CCC1CC2. The van der Waals surface area contributed by atoms with E-state index >= 15 is 0 Å². The van der Waals surface area contributed by atoms with Crippen molar-refractivity contribution in [2.45, 2.75) is 56.7 Å². The minimum absolute atomic E-state index is 0.637. The van der Waals surface area contributed by atoms with Crippen molar-refractivity contribution in [2.24, 2.45) is 5.73 Å². The first kappa shape index (κ1) is 9.95. The molecule has 2 heterocycles. The molecule has 2 N–H and O–H groups in total. The molecule has 0 aromatic rings. The van der Waals surface area contributed by atoms with Gasteiger partial charge in [0.05, 0.1) is 6.07 Å². The zero-order chi connectivity index (χ0) is 10.2. The molecule has 1 atom stereocenters. The Morgan fingerprint density at radius 2 is 1.86 bits per heavy atom. The highest BCUT2D eigenvalue weighted by Crippen LogP contribution is 2.37. The molecule has 0 radical (unpaired) electrons. The minimum Gasteiger partial charge on any atom is -0.314 e. The molecule has 3 nitrogen and oxygen atoms in total. The van der Waals surface area contributed by atoms with Gasteiger partial charge in [0.1, 0.15) is 5.54 Å². The summed E-state index contributed by atoms with van der Waals surface area (Å²) >= 11 is 0. The Kier molecular flexibility index (Phi) is 2.50. The van der Waals surface area contributed by atoms with E-state index in [2.05, 4.69) is 11.0 Å². The van der Waals surface area contributed by atoms with Crippen LogP contribution in [0.3, 0.4) is 0 Å². The number of nitrogens with two attached hydrogens (primary N) is 1. The molecule has 0 aliphatic carbocycles. The summed E-state index contributed by atoms with van der Waals surface area (Å²) in [5, 5.41) is 8.82. The number of nitrogens with zero attached hydrogens (tertiary/aromatic N) is 2. The van der Waals surface area contributed by atoms with Crippen LogP contribution in [-0.2, 0) is 0 Å². The van der Waals surface area contributed by atoms with E-state index in [1.807, 2.05) is 6.92 Å². The maximum atomic E-state index is 8.82. The summed E-state index contributed by atoms with van der Waals surface area (Å²) in [5.41, 5.74) is 5.18. The fourth-order valence-corrected chi connectivity index (χ4v) is 2.80.